The van der Waals surface area contributed by atoms with Gasteiger partial charge >= 0.3 is 6.18 Å². The molecule has 4 saturated carbocycles. The van der Waals surface area contributed by atoms with Gasteiger partial charge in [-0.1, -0.05) is 106 Å². The van der Waals surface area contributed by atoms with Crippen molar-refractivity contribution in [3.8, 4) is 0 Å². The molecule has 0 aromatic carbocycles. The van der Waals surface area contributed by atoms with Crippen LogP contribution in [0.3, 0.4) is 0 Å². The van der Waals surface area contributed by atoms with Crippen molar-refractivity contribution < 1.29 is 79.5 Å². The Kier molecular flexibility index (Phi) is 28.9. The van der Waals surface area contributed by atoms with Crippen LogP contribution in [0.4, 0.5) is 22.0 Å². The van der Waals surface area contributed by atoms with Crippen LogP contribution in [0.1, 0.15) is 190 Å². The summed E-state index contributed by atoms with van der Waals surface area (Å²) in [5.41, 5.74) is -2.21. The zero-order valence-corrected chi connectivity index (χ0v) is 64.2. The summed E-state index contributed by atoms with van der Waals surface area (Å²) in [7, 11) is 9.94. The molecule has 7 aliphatic rings. The average Bonchev–Trinajstić information content (AvgIpc) is 0.767. The van der Waals surface area contributed by atoms with Gasteiger partial charge in [0.25, 0.3) is 0 Å². The van der Waals surface area contributed by atoms with Crippen molar-refractivity contribution in [3.05, 3.63) is 12.2 Å². The molecule has 0 aromatic heterocycles. The van der Waals surface area contributed by atoms with Crippen molar-refractivity contribution in [3.63, 3.8) is 0 Å². The zero-order valence-electron chi connectivity index (χ0n) is 64.2. The first-order valence-electron chi connectivity index (χ1n) is 38.0. The molecule has 24 nitrogen and oxygen atoms in total. The summed E-state index contributed by atoms with van der Waals surface area (Å²) in [4.78, 5) is 192. The van der Waals surface area contributed by atoms with Crippen LogP contribution in [0.5, 0.6) is 0 Å². The monoisotopic (exact) mass is 1470 g/mol. The molecule has 12 atom stereocenters. The molecule has 0 aromatic rings. The maximum atomic E-state index is 15.7. The van der Waals surface area contributed by atoms with E-state index in [1.54, 1.807) is 33.8 Å². The number of amides is 12. The van der Waals surface area contributed by atoms with Crippen LogP contribution in [0.2, 0.25) is 0 Å². The van der Waals surface area contributed by atoms with E-state index in [1.807, 2.05) is 26.8 Å². The Hall–Kier alpha value is -6.97. The van der Waals surface area contributed by atoms with Gasteiger partial charge in [0.05, 0.1) is 19.5 Å². The fraction of sp³-hybridized carbons (Fsp3) is 0.813. The normalized spacial score (nSPS) is 33.0. The average molecular weight is 1480 g/mol. The van der Waals surface area contributed by atoms with Gasteiger partial charge in [-0.2, -0.15) is 13.2 Å². The standard InChI is InChI=1S/C75H119F5N12O12/c1-16-46(6)62-70(102)86(11)41-60(95)88(13)54-26-20-19-23-33-91(69(54)101)57(37-47-29-27-44(4)28-30-47)68(100)85(10)40-58(93)81-52(32-31-48-35-50(76)61(51(77)36-48)75(78,79)80)66(98)92-39-45(5)34-55(92)65(97)83-74(42-73(7,8)43-74)72(104)90(15)63(49-24-21-22-25-49)71(103)89(14)56(67(99)84(9)18-3)38-59(94)87(12)53(17-2)64(96)82-62/h19-20,44-57,61-63H,16-18,21-43H2,1-15H3,(H,81,93)(H,82,96)(H,83,97)/b20-19-/t44?,45-,46-,47?,48?,50?,51?,52-,53-,54-,55-,56-,57-,61?,62-,63-/m0/s1. The number of fused-ring (bicyclic) bond motifs is 3. The summed E-state index contributed by atoms with van der Waals surface area (Å²) in [6.45, 7) is 13.6. The number of hydrogen-bond donors (Lipinski definition) is 3. The topological polar surface area (TPSA) is 270 Å². The SMILES string of the molecule is CC[C@H](C)[C@@H]1NC(=O)[C@H](CC)N(C)C(=O)C[C@@H](C(=O)N(C)CC)N(C)C(=O)[C@H](C2CCCC2)N(C)C(=O)C2(CC(C)(C)C2)NC(=O)[C@@H]2C[C@H](C)CN2C(=O)[C@H](CCC2CC(F)C(C(F)(F)F)C(F)C2)NC(=O)CN(C)C(=O)[C@H](CC2CCC(C)CC2)N2CC/C=C\C[C@@H](C2=O)N(C)C(=O)CN(C)C1=O. The highest BCUT2D eigenvalue weighted by atomic mass is 19.4. The highest BCUT2D eigenvalue weighted by molar-refractivity contribution is 6.01. The Bertz CT molecular complexity index is 3120. The van der Waals surface area contributed by atoms with Gasteiger partial charge in [-0.05, 0) is 131 Å². The van der Waals surface area contributed by atoms with E-state index < -0.39 is 205 Å². The third kappa shape index (κ3) is 19.8. The fourth-order valence-corrected chi connectivity index (χ4v) is 17.6. The van der Waals surface area contributed by atoms with Gasteiger partial charge < -0.3 is 60.0 Å². The fourth-order valence-electron chi connectivity index (χ4n) is 17.6. The van der Waals surface area contributed by atoms with Crippen molar-refractivity contribution in [2.45, 2.75) is 263 Å². The van der Waals surface area contributed by atoms with Crippen molar-refractivity contribution in [2.75, 3.05) is 82.1 Å². The summed E-state index contributed by atoms with van der Waals surface area (Å²) >= 11 is 0. The molecule has 3 aliphatic heterocycles. The molecule has 4 aliphatic carbocycles. The Morgan fingerprint density at radius 2 is 1.27 bits per heavy atom. The Balaban J connectivity index is 1.31. The van der Waals surface area contributed by atoms with Gasteiger partial charge in [0, 0.05) is 69.0 Å². The summed E-state index contributed by atoms with van der Waals surface area (Å²) in [6.07, 6.45) is -2.54. The second-order valence-corrected chi connectivity index (χ2v) is 32.6. The van der Waals surface area contributed by atoms with Crippen molar-refractivity contribution >= 4 is 70.9 Å². The van der Waals surface area contributed by atoms with Crippen LogP contribution in [0.15, 0.2) is 12.2 Å². The van der Waals surface area contributed by atoms with E-state index >= 15 is 37.5 Å². The number of hydrogen-bond acceptors (Lipinski definition) is 12. The predicted octanol–water partition coefficient (Wildman–Crippen LogP) is 6.43. The maximum absolute atomic E-state index is 15.7. The van der Waals surface area contributed by atoms with Crippen LogP contribution in [-0.4, -0.2) is 269 Å². The molecule has 3 heterocycles. The minimum Gasteiger partial charge on any atom is -0.344 e. The molecule has 3 N–H and O–H groups in total. The second kappa shape index (κ2) is 35.6. The number of nitrogens with zero attached hydrogens (tertiary/aromatic N) is 9. The molecule has 1 spiro atoms. The Morgan fingerprint density at radius 3 is 1.85 bits per heavy atom. The van der Waals surface area contributed by atoms with Gasteiger partial charge in [0.15, 0.2) is 0 Å². The van der Waals surface area contributed by atoms with Gasteiger partial charge in [-0.3, -0.25) is 57.5 Å². The molecular formula is C75H119F5N12O12. The van der Waals surface area contributed by atoms with Crippen LogP contribution < -0.4 is 16.0 Å². The van der Waals surface area contributed by atoms with Crippen LogP contribution in [-0.2, 0) is 57.5 Å². The Labute approximate surface area is 611 Å². The molecule has 6 fully saturated rings. The summed E-state index contributed by atoms with van der Waals surface area (Å²) < 4.78 is 72.8. The second-order valence-electron chi connectivity index (χ2n) is 32.6. The van der Waals surface area contributed by atoms with Gasteiger partial charge in [-0.15, -0.1) is 0 Å². The predicted molar refractivity (Wildman–Crippen MR) is 379 cm³/mol. The number of halogens is 5. The first-order chi connectivity index (χ1) is 48.7. The third-order valence-electron chi connectivity index (χ3n) is 24.0. The number of carbonyl (C=O) groups excluding carboxylic acids is 12. The zero-order chi connectivity index (χ0) is 77.4. The molecule has 104 heavy (non-hydrogen) atoms. The van der Waals surface area contributed by atoms with E-state index in [0.717, 1.165) is 35.5 Å². The lowest BCUT2D eigenvalue weighted by Gasteiger charge is -2.54. The molecule has 586 valence electrons. The highest BCUT2D eigenvalue weighted by Gasteiger charge is 2.60. The largest absolute Gasteiger partial charge is 0.397 e. The molecule has 29 heteroatoms. The van der Waals surface area contributed by atoms with Crippen LogP contribution in [0.25, 0.3) is 0 Å². The molecule has 2 bridgehead atoms. The summed E-state index contributed by atoms with van der Waals surface area (Å²) in [5.74, 6) is -13.1. The molecule has 2 saturated heterocycles. The number of likely N-dealkylation sites (N-methyl/N-ethyl adjacent to an activating group) is 7. The molecule has 12 amide bonds. The van der Waals surface area contributed by atoms with Gasteiger partial charge in [0.2, 0.25) is 70.9 Å². The molecular weight excluding hydrogens is 1360 g/mol. The third-order valence-corrected chi connectivity index (χ3v) is 24.0. The first kappa shape index (κ1) is 84.3. The number of carbonyl (C=O) groups is 12. The van der Waals surface area contributed by atoms with Crippen molar-refractivity contribution in [2.24, 2.45) is 46.8 Å². The smallest absolute Gasteiger partial charge is 0.344 e. The van der Waals surface area contributed by atoms with Crippen molar-refractivity contribution in [1.29, 1.82) is 0 Å². The summed E-state index contributed by atoms with van der Waals surface area (Å²) in [6, 6.07) is -10.4. The van der Waals surface area contributed by atoms with E-state index in [0.29, 0.717) is 44.4 Å². The van der Waals surface area contributed by atoms with E-state index in [4.69, 9.17) is 0 Å². The lowest BCUT2D eigenvalue weighted by Crippen LogP contribution is -2.71. The molecule has 2 unspecified atom stereocenters. The summed E-state index contributed by atoms with van der Waals surface area (Å²) in [5, 5.41) is 8.64. The number of nitrogens with one attached hydrogen (secondary N) is 3. The number of rotatable bonds is 11. The van der Waals surface area contributed by atoms with Gasteiger partial charge in [0.1, 0.15) is 72.1 Å². The minimum atomic E-state index is -5.16. The number of alkyl halides is 5. The van der Waals surface area contributed by atoms with E-state index in [2.05, 4.69) is 22.9 Å². The van der Waals surface area contributed by atoms with Crippen LogP contribution in [0, 0.1) is 46.8 Å². The Morgan fingerprint density at radius 1 is 0.654 bits per heavy atom. The minimum absolute atomic E-state index is 0.0211. The van der Waals surface area contributed by atoms with E-state index in [9.17, 15) is 41.9 Å². The lowest BCUT2D eigenvalue weighted by molar-refractivity contribution is -0.219. The van der Waals surface area contributed by atoms with Crippen LogP contribution >= 0.6 is 0 Å². The van der Waals surface area contributed by atoms with E-state index in [-0.39, 0.29) is 82.8 Å². The maximum Gasteiger partial charge on any atom is 0.397 e. The highest BCUT2D eigenvalue weighted by Crippen LogP contribution is 2.50. The lowest BCUT2D eigenvalue weighted by atomic mass is 9.58. The van der Waals surface area contributed by atoms with E-state index in [1.165, 1.54) is 83.6 Å². The van der Waals surface area contributed by atoms with Gasteiger partial charge in [-0.25, -0.2) is 8.78 Å². The first-order valence-corrected chi connectivity index (χ1v) is 38.0. The van der Waals surface area contributed by atoms with Crippen molar-refractivity contribution in [1.82, 2.24) is 60.0 Å². The molecule has 7 rings (SSSR count). The quantitative estimate of drug-likeness (QED) is 0.149. The molecule has 0 radical (unpaired) electrons.